The molecule has 0 fully saturated rings. The highest BCUT2D eigenvalue weighted by Gasteiger charge is 2.23. The van der Waals surface area contributed by atoms with Gasteiger partial charge in [0.1, 0.15) is 0 Å². The van der Waals surface area contributed by atoms with E-state index in [2.05, 4.69) is 25.1 Å². The Kier molecular flexibility index (Phi) is 3.55. The minimum absolute atomic E-state index is 0.138. The van der Waals surface area contributed by atoms with E-state index in [4.69, 9.17) is 0 Å². The number of carbonyl (C=O) groups excluding carboxylic acids is 1. The summed E-state index contributed by atoms with van der Waals surface area (Å²) in [5, 5.41) is 0. The highest BCUT2D eigenvalue weighted by Crippen LogP contribution is 2.24. The van der Waals surface area contributed by atoms with Crippen molar-refractivity contribution in [3.63, 3.8) is 0 Å². The van der Waals surface area contributed by atoms with Crippen LogP contribution in [0, 0.1) is 0 Å². The van der Waals surface area contributed by atoms with Crippen LogP contribution in [0.4, 0.5) is 0 Å². The number of fused-ring (bicyclic) bond motifs is 1. The molecule has 0 unspecified atom stereocenters. The molecule has 0 aromatic heterocycles. The van der Waals surface area contributed by atoms with E-state index in [1.807, 2.05) is 35.2 Å². The molecule has 3 rings (SSSR count). The Labute approximate surface area is 120 Å². The molecule has 0 bridgehead atoms. The van der Waals surface area contributed by atoms with E-state index in [1.54, 1.807) is 0 Å². The van der Waals surface area contributed by atoms with Gasteiger partial charge in [-0.25, -0.2) is 0 Å². The number of benzene rings is 2. The highest BCUT2D eigenvalue weighted by molar-refractivity contribution is 5.94. The fraction of sp³-hybridized carbons (Fsp3) is 0.278. The predicted octanol–water partition coefficient (Wildman–Crippen LogP) is 3.80. The summed E-state index contributed by atoms with van der Waals surface area (Å²) in [5.41, 5.74) is 4.59. The topological polar surface area (TPSA) is 20.3 Å². The van der Waals surface area contributed by atoms with E-state index >= 15 is 0 Å². The maximum absolute atomic E-state index is 12.6. The van der Waals surface area contributed by atoms with E-state index in [1.165, 1.54) is 16.7 Å². The lowest BCUT2D eigenvalue weighted by Crippen LogP contribution is -2.25. The van der Waals surface area contributed by atoms with Crippen LogP contribution in [-0.4, -0.2) is 10.8 Å². The second-order valence-electron chi connectivity index (χ2n) is 5.38. The third-order valence-corrected chi connectivity index (χ3v) is 3.84. The molecule has 2 aromatic carbocycles. The summed E-state index contributed by atoms with van der Waals surface area (Å²) in [7, 11) is 0. The molecule has 0 radical (unpaired) electrons. The summed E-state index contributed by atoms with van der Waals surface area (Å²) in [6.45, 7) is 3.62. The Balaban J connectivity index is 1.79. The minimum atomic E-state index is 0.138. The van der Waals surface area contributed by atoms with Crippen molar-refractivity contribution < 1.29 is 4.79 Å². The second kappa shape index (κ2) is 5.49. The Morgan fingerprint density at radius 3 is 2.40 bits per heavy atom. The zero-order valence-electron chi connectivity index (χ0n) is 11.8. The summed E-state index contributed by atoms with van der Waals surface area (Å²) in [4.78, 5) is 14.5. The van der Waals surface area contributed by atoms with Crippen LogP contribution in [-0.2, 0) is 19.5 Å². The first-order valence-corrected chi connectivity index (χ1v) is 7.23. The van der Waals surface area contributed by atoms with Gasteiger partial charge in [-0.1, -0.05) is 49.7 Å². The third-order valence-electron chi connectivity index (χ3n) is 3.84. The van der Waals surface area contributed by atoms with Crippen molar-refractivity contribution in [1.29, 1.82) is 0 Å². The average molecular weight is 265 g/mol. The van der Waals surface area contributed by atoms with Gasteiger partial charge >= 0.3 is 0 Å². The molecular weight excluding hydrogens is 246 g/mol. The van der Waals surface area contributed by atoms with Gasteiger partial charge in [0.05, 0.1) is 0 Å². The van der Waals surface area contributed by atoms with Crippen molar-refractivity contribution in [3.05, 3.63) is 70.8 Å². The molecule has 2 aromatic rings. The van der Waals surface area contributed by atoms with Crippen LogP contribution in [0.3, 0.4) is 0 Å². The summed E-state index contributed by atoms with van der Waals surface area (Å²) in [6.07, 6.45) is 2.13. The molecule has 1 amide bonds. The van der Waals surface area contributed by atoms with Crippen LogP contribution in [0.15, 0.2) is 48.5 Å². The van der Waals surface area contributed by atoms with Gasteiger partial charge in [-0.2, -0.15) is 0 Å². The van der Waals surface area contributed by atoms with Crippen LogP contribution in [0.25, 0.3) is 0 Å². The first-order chi connectivity index (χ1) is 9.78. The lowest BCUT2D eigenvalue weighted by Gasteiger charge is -2.16. The smallest absolute Gasteiger partial charge is 0.254 e. The fourth-order valence-corrected chi connectivity index (χ4v) is 2.81. The molecule has 2 nitrogen and oxygen atoms in total. The lowest BCUT2D eigenvalue weighted by atomic mass is 10.1. The number of hydrogen-bond donors (Lipinski definition) is 0. The molecule has 0 N–H and O–H groups in total. The van der Waals surface area contributed by atoms with E-state index in [0.29, 0.717) is 0 Å². The Bertz CT molecular complexity index is 608. The van der Waals surface area contributed by atoms with Gasteiger partial charge in [0.25, 0.3) is 5.91 Å². The van der Waals surface area contributed by atoms with Gasteiger partial charge in [-0.3, -0.25) is 4.79 Å². The Hall–Kier alpha value is -2.09. The summed E-state index contributed by atoms with van der Waals surface area (Å²) in [5.74, 6) is 0.138. The molecule has 0 saturated carbocycles. The van der Waals surface area contributed by atoms with Gasteiger partial charge in [0.15, 0.2) is 0 Å². The predicted molar refractivity (Wildman–Crippen MR) is 80.5 cm³/mol. The standard InChI is InChI=1S/C18H19NO/c1-2-6-14-7-5-10-15(11-14)18(20)19-12-16-8-3-4-9-17(16)13-19/h3-5,7-11H,2,6,12-13H2,1H3. The third kappa shape index (κ3) is 2.46. The summed E-state index contributed by atoms with van der Waals surface area (Å²) >= 11 is 0. The number of hydrogen-bond acceptors (Lipinski definition) is 1. The summed E-state index contributed by atoms with van der Waals surface area (Å²) < 4.78 is 0. The van der Waals surface area contributed by atoms with Crippen LogP contribution in [0.1, 0.15) is 40.4 Å². The van der Waals surface area contributed by atoms with Gasteiger partial charge < -0.3 is 4.90 Å². The lowest BCUT2D eigenvalue weighted by molar-refractivity contribution is 0.0751. The van der Waals surface area contributed by atoms with E-state index in [-0.39, 0.29) is 5.91 Å². The second-order valence-corrected chi connectivity index (χ2v) is 5.38. The zero-order chi connectivity index (χ0) is 13.9. The molecule has 1 aliphatic heterocycles. The number of aryl methyl sites for hydroxylation is 1. The zero-order valence-corrected chi connectivity index (χ0v) is 11.8. The van der Waals surface area contributed by atoms with Crippen LogP contribution in [0.2, 0.25) is 0 Å². The Morgan fingerprint density at radius 1 is 1.05 bits per heavy atom. The molecule has 20 heavy (non-hydrogen) atoms. The minimum Gasteiger partial charge on any atom is -0.330 e. The summed E-state index contributed by atoms with van der Waals surface area (Å²) in [6, 6.07) is 16.3. The van der Waals surface area contributed by atoms with Gasteiger partial charge in [-0.15, -0.1) is 0 Å². The first kappa shape index (κ1) is 12.9. The molecule has 0 spiro atoms. The van der Waals surface area contributed by atoms with E-state index in [9.17, 15) is 4.79 Å². The van der Waals surface area contributed by atoms with Gasteiger partial charge in [-0.05, 0) is 35.2 Å². The van der Waals surface area contributed by atoms with E-state index in [0.717, 1.165) is 31.5 Å². The maximum Gasteiger partial charge on any atom is 0.254 e. The largest absolute Gasteiger partial charge is 0.330 e. The Morgan fingerprint density at radius 2 is 1.75 bits per heavy atom. The first-order valence-electron chi connectivity index (χ1n) is 7.23. The van der Waals surface area contributed by atoms with Crippen molar-refractivity contribution >= 4 is 5.91 Å². The molecule has 0 aliphatic carbocycles. The van der Waals surface area contributed by atoms with Gasteiger partial charge in [0.2, 0.25) is 0 Å². The van der Waals surface area contributed by atoms with Crippen molar-refractivity contribution in [3.8, 4) is 0 Å². The number of rotatable bonds is 3. The quantitative estimate of drug-likeness (QED) is 0.826. The average Bonchev–Trinajstić information content (AvgIpc) is 2.91. The maximum atomic E-state index is 12.6. The van der Waals surface area contributed by atoms with Crippen molar-refractivity contribution in [2.24, 2.45) is 0 Å². The van der Waals surface area contributed by atoms with Gasteiger partial charge in [0, 0.05) is 18.7 Å². The molecule has 0 saturated heterocycles. The molecule has 1 heterocycles. The fourth-order valence-electron chi connectivity index (χ4n) is 2.81. The van der Waals surface area contributed by atoms with Crippen LogP contribution >= 0.6 is 0 Å². The highest BCUT2D eigenvalue weighted by atomic mass is 16.2. The molecule has 0 atom stereocenters. The number of amides is 1. The van der Waals surface area contributed by atoms with Crippen molar-refractivity contribution in [2.75, 3.05) is 0 Å². The molecule has 102 valence electrons. The monoisotopic (exact) mass is 265 g/mol. The van der Waals surface area contributed by atoms with Crippen molar-refractivity contribution in [1.82, 2.24) is 4.90 Å². The van der Waals surface area contributed by atoms with Crippen LogP contribution < -0.4 is 0 Å². The number of carbonyl (C=O) groups is 1. The SMILES string of the molecule is CCCc1cccc(C(=O)N2Cc3ccccc3C2)c1. The normalized spacial score (nSPS) is 13.3. The molecular formula is C18H19NO. The molecule has 1 aliphatic rings. The number of nitrogens with zero attached hydrogens (tertiary/aromatic N) is 1. The molecule has 2 heteroatoms. The van der Waals surface area contributed by atoms with Crippen molar-refractivity contribution in [2.45, 2.75) is 32.9 Å². The van der Waals surface area contributed by atoms with Crippen LogP contribution in [0.5, 0.6) is 0 Å². The van der Waals surface area contributed by atoms with E-state index < -0.39 is 0 Å².